The highest BCUT2D eigenvalue weighted by Crippen LogP contribution is 2.58. The molecule has 3 rings (SSSR count). The first kappa shape index (κ1) is 14.5. The van der Waals surface area contributed by atoms with E-state index in [-0.39, 0.29) is 23.3 Å². The molecule has 1 aliphatic heterocycles. The lowest BCUT2D eigenvalue weighted by Gasteiger charge is -2.60. The topological polar surface area (TPSA) is 93.0 Å². The third kappa shape index (κ3) is 1.92. The molecule has 21 heavy (non-hydrogen) atoms. The van der Waals surface area contributed by atoms with Crippen molar-refractivity contribution in [3.05, 3.63) is 11.8 Å². The average Bonchev–Trinajstić information content (AvgIpc) is 3.06. The number of ether oxygens (including phenoxy) is 1. The van der Waals surface area contributed by atoms with Crippen LogP contribution in [0.5, 0.6) is 0 Å². The van der Waals surface area contributed by atoms with Crippen LogP contribution in [0.25, 0.3) is 0 Å². The molecule has 2 fully saturated rings. The van der Waals surface area contributed by atoms with Crippen molar-refractivity contribution in [3.63, 3.8) is 0 Å². The first-order chi connectivity index (χ1) is 9.91. The van der Waals surface area contributed by atoms with E-state index in [1.165, 1.54) is 0 Å². The zero-order chi connectivity index (χ0) is 15.3. The summed E-state index contributed by atoms with van der Waals surface area (Å²) < 4.78 is 5.72. The molecule has 4 N–H and O–H groups in total. The number of carbonyl (C=O) groups excluding carboxylic acids is 1. The standard InChI is InChI=1S/C15H24N4O2/c1-4-5-9-8-11(19-18-9)17-13(20)15(16)10-6-7-21-12(10)14(15,2)3/h8,10,12H,4-7,16H2,1-3H3,(H2,17,18,19,20). The van der Waals surface area contributed by atoms with Gasteiger partial charge in [0, 0.05) is 29.7 Å². The van der Waals surface area contributed by atoms with Crippen LogP contribution in [-0.4, -0.2) is 34.4 Å². The number of anilines is 1. The van der Waals surface area contributed by atoms with Crippen molar-refractivity contribution in [1.29, 1.82) is 0 Å². The molecule has 1 saturated carbocycles. The maximum absolute atomic E-state index is 12.7. The summed E-state index contributed by atoms with van der Waals surface area (Å²) in [7, 11) is 0. The van der Waals surface area contributed by atoms with Crippen molar-refractivity contribution in [2.45, 2.75) is 51.7 Å². The van der Waals surface area contributed by atoms with Gasteiger partial charge in [-0.25, -0.2) is 0 Å². The summed E-state index contributed by atoms with van der Waals surface area (Å²) in [5.74, 6) is 0.488. The molecule has 116 valence electrons. The van der Waals surface area contributed by atoms with E-state index in [0.29, 0.717) is 12.4 Å². The van der Waals surface area contributed by atoms with Crippen molar-refractivity contribution in [3.8, 4) is 0 Å². The van der Waals surface area contributed by atoms with E-state index in [0.717, 1.165) is 25.0 Å². The number of carbonyl (C=O) groups is 1. The highest BCUT2D eigenvalue weighted by molar-refractivity contribution is 5.99. The lowest BCUT2D eigenvalue weighted by Crippen LogP contribution is -2.79. The molecule has 1 aromatic heterocycles. The molecule has 3 unspecified atom stereocenters. The van der Waals surface area contributed by atoms with E-state index in [2.05, 4.69) is 22.4 Å². The quantitative estimate of drug-likeness (QED) is 0.783. The number of hydrogen-bond acceptors (Lipinski definition) is 4. The zero-order valence-corrected chi connectivity index (χ0v) is 12.9. The fourth-order valence-corrected chi connectivity index (χ4v) is 3.89. The Kier molecular flexibility index (Phi) is 3.33. The van der Waals surface area contributed by atoms with E-state index in [1.807, 2.05) is 19.9 Å². The van der Waals surface area contributed by atoms with Gasteiger partial charge in [0.15, 0.2) is 5.82 Å². The third-order valence-corrected chi connectivity index (χ3v) is 5.22. The lowest BCUT2D eigenvalue weighted by atomic mass is 9.48. The summed E-state index contributed by atoms with van der Waals surface area (Å²) in [4.78, 5) is 12.7. The molecule has 1 aromatic rings. The number of amides is 1. The molecule has 2 heterocycles. The number of aromatic nitrogens is 2. The first-order valence-electron chi connectivity index (χ1n) is 7.67. The fourth-order valence-electron chi connectivity index (χ4n) is 3.89. The number of rotatable bonds is 4. The van der Waals surface area contributed by atoms with Crippen LogP contribution in [0.15, 0.2) is 6.07 Å². The van der Waals surface area contributed by atoms with Gasteiger partial charge in [0.2, 0.25) is 5.91 Å². The van der Waals surface area contributed by atoms with Crippen LogP contribution in [0.2, 0.25) is 0 Å². The van der Waals surface area contributed by atoms with Crippen molar-refractivity contribution in [2.24, 2.45) is 17.1 Å². The Bertz CT molecular complexity index is 554. The van der Waals surface area contributed by atoms with E-state index >= 15 is 0 Å². The summed E-state index contributed by atoms with van der Waals surface area (Å²) in [5.41, 5.74) is 6.26. The predicted molar refractivity (Wildman–Crippen MR) is 79.8 cm³/mol. The van der Waals surface area contributed by atoms with E-state index < -0.39 is 5.54 Å². The van der Waals surface area contributed by atoms with Gasteiger partial charge in [0.25, 0.3) is 0 Å². The van der Waals surface area contributed by atoms with Gasteiger partial charge in [0.1, 0.15) is 5.54 Å². The normalized spacial score (nSPS) is 33.3. The number of fused-ring (bicyclic) bond motifs is 1. The van der Waals surface area contributed by atoms with Crippen molar-refractivity contribution < 1.29 is 9.53 Å². The smallest absolute Gasteiger partial charge is 0.246 e. The first-order valence-corrected chi connectivity index (χ1v) is 7.67. The van der Waals surface area contributed by atoms with E-state index in [1.54, 1.807) is 0 Å². The van der Waals surface area contributed by atoms with E-state index in [9.17, 15) is 4.79 Å². The molecule has 2 aliphatic rings. The molecule has 0 spiro atoms. The van der Waals surface area contributed by atoms with Gasteiger partial charge < -0.3 is 15.8 Å². The minimum Gasteiger partial charge on any atom is -0.377 e. The summed E-state index contributed by atoms with van der Waals surface area (Å²) in [6.45, 7) is 6.80. The molecule has 0 aromatic carbocycles. The SMILES string of the molecule is CCCc1cc(NC(=O)C2(N)C3CCOC3C2(C)C)n[nH]1. The van der Waals surface area contributed by atoms with Crippen molar-refractivity contribution >= 4 is 11.7 Å². The van der Waals surface area contributed by atoms with Crippen LogP contribution in [0.3, 0.4) is 0 Å². The Morgan fingerprint density at radius 3 is 3.10 bits per heavy atom. The molecule has 1 amide bonds. The molecule has 3 atom stereocenters. The molecule has 6 heteroatoms. The number of aromatic amines is 1. The van der Waals surface area contributed by atoms with Gasteiger partial charge in [-0.3, -0.25) is 9.89 Å². The Balaban J connectivity index is 1.75. The highest BCUT2D eigenvalue weighted by Gasteiger charge is 2.71. The minimum atomic E-state index is -0.891. The van der Waals surface area contributed by atoms with Crippen molar-refractivity contribution in [1.82, 2.24) is 10.2 Å². The molecule has 0 bridgehead atoms. The zero-order valence-electron chi connectivity index (χ0n) is 12.9. The number of nitrogens with zero attached hydrogens (tertiary/aromatic N) is 1. The van der Waals surface area contributed by atoms with Gasteiger partial charge >= 0.3 is 0 Å². The van der Waals surface area contributed by atoms with Crippen LogP contribution in [0, 0.1) is 11.3 Å². The average molecular weight is 292 g/mol. The van der Waals surface area contributed by atoms with Crippen LogP contribution in [0.4, 0.5) is 5.82 Å². The summed E-state index contributed by atoms with van der Waals surface area (Å²) in [6.07, 6.45) is 2.88. The molecular formula is C15H24N4O2. The van der Waals surface area contributed by atoms with Gasteiger partial charge in [-0.05, 0) is 12.8 Å². The number of hydrogen-bond donors (Lipinski definition) is 3. The number of H-pyrrole nitrogens is 1. The second-order valence-electron chi connectivity index (χ2n) is 6.76. The number of nitrogens with one attached hydrogen (secondary N) is 2. The number of aryl methyl sites for hydroxylation is 1. The maximum Gasteiger partial charge on any atom is 0.246 e. The maximum atomic E-state index is 12.7. The summed E-state index contributed by atoms with van der Waals surface area (Å²) in [5, 5.41) is 9.94. The minimum absolute atomic E-state index is 0.0862. The molecule has 6 nitrogen and oxygen atoms in total. The van der Waals surface area contributed by atoms with Crippen LogP contribution in [0.1, 0.15) is 39.3 Å². The second kappa shape index (κ2) is 4.81. The third-order valence-electron chi connectivity index (χ3n) is 5.22. The van der Waals surface area contributed by atoms with Gasteiger partial charge in [0.05, 0.1) is 6.10 Å². The largest absolute Gasteiger partial charge is 0.377 e. The Labute approximate surface area is 124 Å². The van der Waals surface area contributed by atoms with Crippen LogP contribution < -0.4 is 11.1 Å². The highest BCUT2D eigenvalue weighted by atomic mass is 16.5. The monoisotopic (exact) mass is 292 g/mol. The fraction of sp³-hybridized carbons (Fsp3) is 0.733. The molecule has 1 aliphatic carbocycles. The molecular weight excluding hydrogens is 268 g/mol. The Hall–Kier alpha value is -1.40. The van der Waals surface area contributed by atoms with Gasteiger partial charge in [-0.1, -0.05) is 27.2 Å². The molecule has 1 saturated heterocycles. The van der Waals surface area contributed by atoms with Crippen LogP contribution >= 0.6 is 0 Å². The second-order valence-corrected chi connectivity index (χ2v) is 6.76. The van der Waals surface area contributed by atoms with Crippen molar-refractivity contribution in [2.75, 3.05) is 11.9 Å². The van der Waals surface area contributed by atoms with Crippen LogP contribution in [-0.2, 0) is 16.0 Å². The Morgan fingerprint density at radius 2 is 2.38 bits per heavy atom. The van der Waals surface area contributed by atoms with E-state index in [4.69, 9.17) is 10.5 Å². The van der Waals surface area contributed by atoms with Gasteiger partial charge in [-0.2, -0.15) is 5.10 Å². The Morgan fingerprint density at radius 1 is 1.62 bits per heavy atom. The number of nitrogens with two attached hydrogens (primary N) is 1. The predicted octanol–water partition coefficient (Wildman–Crippen LogP) is 1.44. The lowest BCUT2D eigenvalue weighted by molar-refractivity contribution is -0.170. The summed E-state index contributed by atoms with van der Waals surface area (Å²) in [6, 6.07) is 1.87. The summed E-state index contributed by atoms with van der Waals surface area (Å²) >= 11 is 0. The molecule has 0 radical (unpaired) electrons. The van der Waals surface area contributed by atoms with Gasteiger partial charge in [-0.15, -0.1) is 0 Å².